The monoisotopic (exact) mass is 817 g/mol. The lowest BCUT2D eigenvalue weighted by Gasteiger charge is -2.08. The van der Waals surface area contributed by atoms with Gasteiger partial charge < -0.3 is 56.1 Å². The van der Waals surface area contributed by atoms with E-state index in [1.165, 1.54) is 77.0 Å². The first-order valence-electron chi connectivity index (χ1n) is 21.8. The predicted octanol–water partition coefficient (Wildman–Crippen LogP) is 3.82. The third kappa shape index (κ3) is 45.8. The SMILES string of the molecule is CCCCCCCCCN=C(N)NC(N)=NCCCOCCOCCOCCOCCOCCOCCOCCCN=C(N)NC(N)=NCCCCCCCCC. The zero-order chi connectivity index (χ0) is 41.5. The van der Waals surface area contributed by atoms with Gasteiger partial charge in [-0.3, -0.25) is 30.6 Å². The minimum absolute atomic E-state index is 0.269. The largest absolute Gasteiger partial charge is 0.379 e. The lowest BCUT2D eigenvalue weighted by Crippen LogP contribution is -2.41. The quantitative estimate of drug-likeness (QED) is 0.0292. The number of hydrogen-bond donors (Lipinski definition) is 6. The fraction of sp³-hybridized carbons (Fsp3) is 0.900. The number of unbranched alkanes of at least 4 members (excludes halogenated alkanes) is 12. The maximum atomic E-state index is 5.88. The van der Waals surface area contributed by atoms with Crippen LogP contribution in [0.4, 0.5) is 0 Å². The van der Waals surface area contributed by atoms with Gasteiger partial charge in [0.1, 0.15) is 0 Å². The molecule has 0 amide bonds. The van der Waals surface area contributed by atoms with E-state index in [1.807, 2.05) is 0 Å². The fourth-order valence-corrected chi connectivity index (χ4v) is 5.11. The Labute approximate surface area is 345 Å². The molecule has 0 saturated carbocycles. The molecule has 0 atom stereocenters. The molecule has 0 saturated heterocycles. The number of nitrogens with one attached hydrogen (secondary N) is 2. The molecule has 0 bridgehead atoms. The number of hydrogen-bond acceptors (Lipinski definition) is 11. The van der Waals surface area contributed by atoms with E-state index in [2.05, 4.69) is 44.5 Å². The lowest BCUT2D eigenvalue weighted by molar-refractivity contribution is -0.0205. The maximum Gasteiger partial charge on any atom is 0.195 e. The van der Waals surface area contributed by atoms with E-state index < -0.39 is 0 Å². The highest BCUT2D eigenvalue weighted by atomic mass is 16.6. The summed E-state index contributed by atoms with van der Waals surface area (Å²) in [5.41, 5.74) is 23.5. The Kier molecular flexibility index (Phi) is 43.6. The van der Waals surface area contributed by atoms with E-state index in [9.17, 15) is 0 Å². The van der Waals surface area contributed by atoms with Crippen LogP contribution in [0.1, 0.15) is 117 Å². The molecule has 0 aliphatic rings. The summed E-state index contributed by atoms with van der Waals surface area (Å²) >= 11 is 0. The Hall–Kier alpha value is -2.80. The Bertz CT molecular complexity index is 903. The molecule has 0 aromatic rings. The average molecular weight is 817 g/mol. The molecular weight excluding hydrogens is 733 g/mol. The normalized spacial score (nSPS) is 12.8. The average Bonchev–Trinajstić information content (AvgIpc) is 3.19. The molecule has 0 aromatic heterocycles. The first-order chi connectivity index (χ1) is 28.0. The van der Waals surface area contributed by atoms with Gasteiger partial charge in [0.15, 0.2) is 23.8 Å². The van der Waals surface area contributed by atoms with Crippen molar-refractivity contribution in [1.82, 2.24) is 10.6 Å². The Morgan fingerprint density at radius 2 is 0.509 bits per heavy atom. The Balaban J connectivity index is 3.38. The molecule has 0 fully saturated rings. The summed E-state index contributed by atoms with van der Waals surface area (Å²) < 4.78 is 38.8. The number of aliphatic imine (C=N–C) groups is 4. The lowest BCUT2D eigenvalue weighted by atomic mass is 10.1. The van der Waals surface area contributed by atoms with Crippen LogP contribution in [0.15, 0.2) is 20.0 Å². The number of nitrogens with two attached hydrogens (primary N) is 4. The van der Waals surface area contributed by atoms with Crippen LogP contribution in [0.3, 0.4) is 0 Å². The molecule has 0 aliphatic carbocycles. The van der Waals surface area contributed by atoms with Crippen molar-refractivity contribution in [2.24, 2.45) is 42.9 Å². The second-order valence-electron chi connectivity index (χ2n) is 13.6. The van der Waals surface area contributed by atoms with Gasteiger partial charge in [-0.05, 0) is 25.7 Å². The van der Waals surface area contributed by atoms with E-state index in [4.69, 9.17) is 56.1 Å². The van der Waals surface area contributed by atoms with Gasteiger partial charge in [0.25, 0.3) is 0 Å². The van der Waals surface area contributed by atoms with Gasteiger partial charge in [-0.2, -0.15) is 0 Å². The highest BCUT2D eigenvalue weighted by molar-refractivity contribution is 5.97. The zero-order valence-electron chi connectivity index (χ0n) is 36.0. The summed E-state index contributed by atoms with van der Waals surface area (Å²) in [5.74, 6) is 1.15. The highest BCUT2D eigenvalue weighted by Gasteiger charge is 1.99. The van der Waals surface area contributed by atoms with Crippen LogP contribution in [-0.4, -0.2) is 143 Å². The molecule has 17 heteroatoms. The molecule has 0 aliphatic heterocycles. The first kappa shape index (κ1) is 54.2. The number of rotatable bonds is 42. The van der Waals surface area contributed by atoms with Crippen molar-refractivity contribution in [2.45, 2.75) is 117 Å². The van der Waals surface area contributed by atoms with Crippen molar-refractivity contribution in [3.05, 3.63) is 0 Å². The van der Waals surface area contributed by atoms with E-state index in [0.717, 1.165) is 25.7 Å². The van der Waals surface area contributed by atoms with Crippen LogP contribution in [0.2, 0.25) is 0 Å². The smallest absolute Gasteiger partial charge is 0.195 e. The van der Waals surface area contributed by atoms with E-state index in [-0.39, 0.29) is 11.9 Å². The molecule has 0 aromatic carbocycles. The summed E-state index contributed by atoms with van der Waals surface area (Å²) in [4.78, 5) is 17.1. The number of ether oxygens (including phenoxy) is 7. The van der Waals surface area contributed by atoms with Crippen LogP contribution < -0.4 is 33.6 Å². The van der Waals surface area contributed by atoms with Crippen LogP contribution in [0.5, 0.6) is 0 Å². The molecule has 0 radical (unpaired) electrons. The standard InChI is InChI=1S/C40H84N10O7/c1-3-5-7-9-11-13-15-19-45-37(41)49-39(43)47-21-17-23-51-25-27-53-29-31-55-33-35-57-36-34-56-32-30-54-28-26-52-24-18-22-48-40(44)50-38(42)46-20-16-14-12-10-8-6-4-2/h3-36H2,1-2H3,(H5,41,43,45,47,49)(H5,42,44,46,48,50). The molecule has 17 nitrogen and oxygen atoms in total. The van der Waals surface area contributed by atoms with Gasteiger partial charge in [-0.15, -0.1) is 0 Å². The first-order valence-corrected chi connectivity index (χ1v) is 21.8. The van der Waals surface area contributed by atoms with Crippen LogP contribution >= 0.6 is 0 Å². The van der Waals surface area contributed by atoms with E-state index in [1.54, 1.807) is 0 Å². The second-order valence-corrected chi connectivity index (χ2v) is 13.6. The summed E-state index contributed by atoms with van der Waals surface area (Å²) in [6, 6.07) is 0. The second kappa shape index (κ2) is 45.9. The van der Waals surface area contributed by atoms with Crippen molar-refractivity contribution in [1.29, 1.82) is 0 Å². The van der Waals surface area contributed by atoms with E-state index in [0.29, 0.717) is 131 Å². The summed E-state index contributed by atoms with van der Waals surface area (Å²) in [6.07, 6.45) is 18.8. The van der Waals surface area contributed by atoms with E-state index >= 15 is 0 Å². The molecule has 10 N–H and O–H groups in total. The van der Waals surface area contributed by atoms with Crippen molar-refractivity contribution in [3.63, 3.8) is 0 Å². The summed E-state index contributed by atoms with van der Waals surface area (Å²) in [7, 11) is 0. The fourth-order valence-electron chi connectivity index (χ4n) is 5.11. The molecule has 0 heterocycles. The van der Waals surface area contributed by atoms with Gasteiger partial charge in [-0.1, -0.05) is 90.9 Å². The van der Waals surface area contributed by atoms with Crippen molar-refractivity contribution < 1.29 is 33.2 Å². The predicted molar refractivity (Wildman–Crippen MR) is 233 cm³/mol. The van der Waals surface area contributed by atoms with Crippen LogP contribution in [-0.2, 0) is 33.2 Å². The van der Waals surface area contributed by atoms with Crippen molar-refractivity contribution in [3.8, 4) is 0 Å². The summed E-state index contributed by atoms with van der Waals surface area (Å²) in [5, 5.41) is 5.66. The minimum Gasteiger partial charge on any atom is -0.379 e. The van der Waals surface area contributed by atoms with Gasteiger partial charge in [-0.25, -0.2) is 0 Å². The zero-order valence-corrected chi connectivity index (χ0v) is 36.0. The van der Waals surface area contributed by atoms with Crippen molar-refractivity contribution >= 4 is 23.8 Å². The van der Waals surface area contributed by atoms with Gasteiger partial charge in [0.2, 0.25) is 0 Å². The molecule has 0 rings (SSSR count). The molecule has 0 unspecified atom stereocenters. The number of nitrogens with zero attached hydrogens (tertiary/aromatic N) is 4. The topological polar surface area (TPSA) is 242 Å². The molecule has 0 spiro atoms. The minimum atomic E-state index is 0.269. The highest BCUT2D eigenvalue weighted by Crippen LogP contribution is 2.07. The third-order valence-corrected chi connectivity index (χ3v) is 8.29. The Morgan fingerprint density at radius 3 is 0.772 bits per heavy atom. The van der Waals surface area contributed by atoms with Crippen molar-refractivity contribution in [2.75, 3.05) is 119 Å². The number of guanidine groups is 4. The molecule has 57 heavy (non-hydrogen) atoms. The molecule has 336 valence electrons. The summed E-state index contributed by atoms with van der Waals surface area (Å²) in [6.45, 7) is 14.1. The Morgan fingerprint density at radius 1 is 0.298 bits per heavy atom. The van der Waals surface area contributed by atoms with Crippen LogP contribution in [0.25, 0.3) is 0 Å². The van der Waals surface area contributed by atoms with Gasteiger partial charge >= 0.3 is 0 Å². The maximum absolute atomic E-state index is 5.88. The van der Waals surface area contributed by atoms with Gasteiger partial charge in [0.05, 0.1) is 79.3 Å². The van der Waals surface area contributed by atoms with Gasteiger partial charge in [0, 0.05) is 39.4 Å². The third-order valence-electron chi connectivity index (χ3n) is 8.29. The molecular formula is C40H84N10O7. The van der Waals surface area contributed by atoms with Crippen LogP contribution in [0, 0.1) is 0 Å².